The predicted octanol–water partition coefficient (Wildman–Crippen LogP) is 5.65. The largest absolute Gasteiger partial charge is 0.256 e. The van der Waals surface area contributed by atoms with Gasteiger partial charge in [0.15, 0.2) is 0 Å². The topological polar surface area (TPSA) is 12.9 Å². The first-order valence-corrected chi connectivity index (χ1v) is 7.52. The summed E-state index contributed by atoms with van der Waals surface area (Å²) in [4.78, 5) is 4.60. The van der Waals surface area contributed by atoms with Crippen LogP contribution in [-0.4, -0.2) is 4.98 Å². The number of nitrogens with zero attached hydrogens (tertiary/aromatic N) is 1. The van der Waals surface area contributed by atoms with Crippen LogP contribution in [0.3, 0.4) is 0 Å². The molecule has 1 aromatic carbocycles. The first kappa shape index (κ1) is 15.7. The number of aryl methyl sites for hydroxylation is 2. The maximum atomic E-state index is 4.60. The normalized spacial score (nSPS) is 10.5. The van der Waals surface area contributed by atoms with Gasteiger partial charge in [-0.15, -0.1) is 0 Å². The Morgan fingerprint density at radius 2 is 1.79 bits per heavy atom. The Labute approximate surface area is 118 Å². The van der Waals surface area contributed by atoms with Crippen LogP contribution in [0.5, 0.6) is 0 Å². The van der Waals surface area contributed by atoms with Gasteiger partial charge in [-0.2, -0.15) is 0 Å². The van der Waals surface area contributed by atoms with Gasteiger partial charge in [0, 0.05) is 11.6 Å². The highest BCUT2D eigenvalue weighted by molar-refractivity contribution is 5.86. The average molecular weight is 257 g/mol. The smallest absolute Gasteiger partial charge is 0.0739 e. The van der Waals surface area contributed by atoms with Crippen molar-refractivity contribution in [3.8, 4) is 0 Å². The fourth-order valence-electron chi connectivity index (χ4n) is 2.47. The SMILES string of the molecule is CC.CCCc1c(C)ccc2c(C(C)C)ccnc12. The van der Waals surface area contributed by atoms with Crippen molar-refractivity contribution < 1.29 is 0 Å². The third kappa shape index (κ3) is 3.34. The van der Waals surface area contributed by atoms with Crippen molar-refractivity contribution in [1.82, 2.24) is 4.98 Å². The Bertz CT molecular complexity index is 526. The molecule has 0 N–H and O–H groups in total. The molecule has 19 heavy (non-hydrogen) atoms. The predicted molar refractivity (Wildman–Crippen MR) is 85.9 cm³/mol. The van der Waals surface area contributed by atoms with Gasteiger partial charge in [-0.05, 0) is 42.0 Å². The van der Waals surface area contributed by atoms with E-state index in [0.29, 0.717) is 5.92 Å². The van der Waals surface area contributed by atoms with Crippen molar-refractivity contribution >= 4 is 10.9 Å². The molecule has 0 saturated heterocycles. The lowest BCUT2D eigenvalue weighted by molar-refractivity contribution is 0.872. The molecular formula is C18H27N. The van der Waals surface area contributed by atoms with Crippen LogP contribution in [0.15, 0.2) is 24.4 Å². The molecule has 1 heteroatoms. The molecular weight excluding hydrogens is 230 g/mol. The Kier molecular flexibility index (Phi) is 6.01. The second-order valence-electron chi connectivity index (χ2n) is 5.06. The maximum absolute atomic E-state index is 4.60. The Balaban J connectivity index is 0.000000861. The zero-order valence-corrected chi connectivity index (χ0v) is 13.2. The van der Waals surface area contributed by atoms with E-state index < -0.39 is 0 Å². The molecule has 1 aromatic heterocycles. The highest BCUT2D eigenvalue weighted by Crippen LogP contribution is 2.28. The first-order valence-electron chi connectivity index (χ1n) is 7.52. The molecule has 0 bridgehead atoms. The number of hydrogen-bond donors (Lipinski definition) is 0. The lowest BCUT2D eigenvalue weighted by Gasteiger charge is -2.13. The van der Waals surface area contributed by atoms with Gasteiger partial charge in [0.2, 0.25) is 0 Å². The van der Waals surface area contributed by atoms with Gasteiger partial charge in [-0.3, -0.25) is 4.98 Å². The number of aromatic nitrogens is 1. The monoisotopic (exact) mass is 257 g/mol. The summed E-state index contributed by atoms with van der Waals surface area (Å²) in [5.74, 6) is 0.553. The van der Waals surface area contributed by atoms with E-state index in [9.17, 15) is 0 Å². The second kappa shape index (κ2) is 7.28. The maximum Gasteiger partial charge on any atom is 0.0739 e. The summed E-state index contributed by atoms with van der Waals surface area (Å²) >= 11 is 0. The Hall–Kier alpha value is -1.37. The van der Waals surface area contributed by atoms with Crippen LogP contribution in [0.2, 0.25) is 0 Å². The molecule has 1 nitrogen and oxygen atoms in total. The number of hydrogen-bond acceptors (Lipinski definition) is 1. The van der Waals surface area contributed by atoms with Crippen molar-refractivity contribution in [2.24, 2.45) is 0 Å². The lowest BCUT2D eigenvalue weighted by atomic mass is 9.94. The highest BCUT2D eigenvalue weighted by Gasteiger charge is 2.10. The highest BCUT2D eigenvalue weighted by atomic mass is 14.7. The van der Waals surface area contributed by atoms with E-state index in [1.54, 1.807) is 0 Å². The minimum absolute atomic E-state index is 0.553. The molecule has 0 saturated carbocycles. The van der Waals surface area contributed by atoms with E-state index in [1.807, 2.05) is 20.0 Å². The van der Waals surface area contributed by atoms with Crippen LogP contribution >= 0.6 is 0 Å². The lowest BCUT2D eigenvalue weighted by Crippen LogP contribution is -1.97. The van der Waals surface area contributed by atoms with E-state index >= 15 is 0 Å². The molecule has 2 aromatic rings. The molecule has 0 radical (unpaired) electrons. The Morgan fingerprint density at radius 1 is 1.11 bits per heavy atom. The van der Waals surface area contributed by atoms with Gasteiger partial charge < -0.3 is 0 Å². The van der Waals surface area contributed by atoms with E-state index in [4.69, 9.17) is 0 Å². The van der Waals surface area contributed by atoms with Crippen LogP contribution in [-0.2, 0) is 6.42 Å². The number of benzene rings is 1. The van der Waals surface area contributed by atoms with Gasteiger partial charge in [-0.25, -0.2) is 0 Å². The van der Waals surface area contributed by atoms with E-state index in [1.165, 1.54) is 34.0 Å². The molecule has 0 fully saturated rings. The van der Waals surface area contributed by atoms with Crippen molar-refractivity contribution in [2.75, 3.05) is 0 Å². The summed E-state index contributed by atoms with van der Waals surface area (Å²) in [7, 11) is 0. The summed E-state index contributed by atoms with van der Waals surface area (Å²) < 4.78 is 0. The number of fused-ring (bicyclic) bond motifs is 1. The van der Waals surface area contributed by atoms with Crippen molar-refractivity contribution in [1.29, 1.82) is 0 Å². The molecule has 0 atom stereocenters. The van der Waals surface area contributed by atoms with Gasteiger partial charge in [0.1, 0.15) is 0 Å². The fraction of sp³-hybridized carbons (Fsp3) is 0.500. The van der Waals surface area contributed by atoms with Crippen LogP contribution in [0.1, 0.15) is 63.6 Å². The van der Waals surface area contributed by atoms with Gasteiger partial charge in [-0.1, -0.05) is 53.2 Å². The third-order valence-corrected chi connectivity index (χ3v) is 3.41. The van der Waals surface area contributed by atoms with Crippen molar-refractivity contribution in [3.05, 3.63) is 41.1 Å². The van der Waals surface area contributed by atoms with Crippen molar-refractivity contribution in [3.63, 3.8) is 0 Å². The molecule has 0 aliphatic heterocycles. The van der Waals surface area contributed by atoms with Gasteiger partial charge >= 0.3 is 0 Å². The molecule has 1 heterocycles. The van der Waals surface area contributed by atoms with E-state index in [-0.39, 0.29) is 0 Å². The number of pyridine rings is 1. The van der Waals surface area contributed by atoms with Crippen LogP contribution in [0.4, 0.5) is 0 Å². The quantitative estimate of drug-likeness (QED) is 0.693. The molecule has 0 aliphatic carbocycles. The summed E-state index contributed by atoms with van der Waals surface area (Å²) in [5, 5.41) is 1.33. The average Bonchev–Trinajstić information content (AvgIpc) is 2.43. The minimum Gasteiger partial charge on any atom is -0.256 e. The Morgan fingerprint density at radius 3 is 2.37 bits per heavy atom. The summed E-state index contributed by atoms with van der Waals surface area (Å²) in [6.45, 7) is 12.9. The molecule has 0 spiro atoms. The standard InChI is InChI=1S/C16H21N.C2H6/c1-5-6-14-12(4)7-8-15-13(11(2)3)9-10-17-16(14)15;1-2/h7-11H,5-6H2,1-4H3;1-2H3. The molecule has 104 valence electrons. The molecule has 0 unspecified atom stereocenters. The van der Waals surface area contributed by atoms with Gasteiger partial charge in [0.05, 0.1) is 5.52 Å². The third-order valence-electron chi connectivity index (χ3n) is 3.41. The molecule has 0 aliphatic rings. The van der Waals surface area contributed by atoms with E-state index in [0.717, 1.165) is 6.42 Å². The van der Waals surface area contributed by atoms with Crippen LogP contribution in [0.25, 0.3) is 10.9 Å². The van der Waals surface area contributed by atoms with Crippen molar-refractivity contribution in [2.45, 2.75) is 60.3 Å². The minimum atomic E-state index is 0.553. The first-order chi connectivity index (χ1) is 9.15. The van der Waals surface area contributed by atoms with E-state index in [2.05, 4.69) is 50.9 Å². The fourth-order valence-corrected chi connectivity index (χ4v) is 2.47. The summed E-state index contributed by atoms with van der Waals surface area (Å²) in [5.41, 5.74) is 5.41. The number of rotatable bonds is 3. The molecule has 0 amide bonds. The summed E-state index contributed by atoms with van der Waals surface area (Å²) in [6, 6.07) is 6.62. The second-order valence-corrected chi connectivity index (χ2v) is 5.06. The molecule has 2 rings (SSSR count). The van der Waals surface area contributed by atoms with Crippen LogP contribution in [0, 0.1) is 6.92 Å². The zero-order chi connectivity index (χ0) is 14.4. The van der Waals surface area contributed by atoms with Gasteiger partial charge in [0.25, 0.3) is 0 Å². The van der Waals surface area contributed by atoms with Crippen LogP contribution < -0.4 is 0 Å². The zero-order valence-electron chi connectivity index (χ0n) is 13.2. The summed E-state index contributed by atoms with van der Waals surface area (Å²) in [6.07, 6.45) is 4.25.